The number of benzene rings is 1. The fourth-order valence-corrected chi connectivity index (χ4v) is 2.05. The number of aromatic nitrogens is 1. The van der Waals surface area contributed by atoms with Gasteiger partial charge in [0.15, 0.2) is 0 Å². The van der Waals surface area contributed by atoms with E-state index in [1.807, 2.05) is 45.0 Å². The average molecular weight is 298 g/mol. The van der Waals surface area contributed by atoms with Crippen molar-refractivity contribution in [3.8, 4) is 0 Å². The predicted octanol–water partition coefficient (Wildman–Crippen LogP) is 4.16. The summed E-state index contributed by atoms with van der Waals surface area (Å²) in [5.41, 5.74) is 1.65. The Morgan fingerprint density at radius 2 is 2.09 bits per heavy atom. The first-order valence-corrected chi connectivity index (χ1v) is 7.43. The Hall–Kier alpha value is -2.36. The van der Waals surface area contributed by atoms with Crippen LogP contribution in [0.5, 0.6) is 0 Å². The van der Waals surface area contributed by atoms with Gasteiger partial charge in [0.1, 0.15) is 5.60 Å². The highest BCUT2D eigenvalue weighted by Crippen LogP contribution is 2.17. The first kappa shape index (κ1) is 16.0. The summed E-state index contributed by atoms with van der Waals surface area (Å²) in [6.45, 7) is 6.09. The first-order valence-electron chi connectivity index (χ1n) is 7.43. The molecule has 0 spiro atoms. The molecule has 0 radical (unpaired) electrons. The van der Waals surface area contributed by atoms with Gasteiger partial charge in [-0.1, -0.05) is 30.4 Å². The van der Waals surface area contributed by atoms with Gasteiger partial charge in [-0.05, 0) is 44.9 Å². The Morgan fingerprint density at radius 3 is 2.86 bits per heavy atom. The molecule has 4 heteroatoms. The van der Waals surface area contributed by atoms with Crippen LogP contribution in [-0.2, 0) is 4.74 Å². The molecule has 2 aromatic rings. The number of hydrogen-bond donors (Lipinski definition) is 1. The molecule has 116 valence electrons. The molecule has 0 unspecified atom stereocenters. The van der Waals surface area contributed by atoms with Crippen LogP contribution in [0.2, 0.25) is 0 Å². The third-order valence-corrected chi connectivity index (χ3v) is 2.96. The Kier molecular flexibility index (Phi) is 5.15. The fourth-order valence-electron chi connectivity index (χ4n) is 2.05. The van der Waals surface area contributed by atoms with Gasteiger partial charge in [-0.15, -0.1) is 0 Å². The number of hydrogen-bond acceptors (Lipinski definition) is 3. The Balaban J connectivity index is 1.86. The zero-order valence-electron chi connectivity index (χ0n) is 13.3. The highest BCUT2D eigenvalue weighted by Gasteiger charge is 2.15. The monoisotopic (exact) mass is 298 g/mol. The van der Waals surface area contributed by atoms with Crippen LogP contribution in [-0.4, -0.2) is 23.2 Å². The van der Waals surface area contributed by atoms with Crippen molar-refractivity contribution in [3.63, 3.8) is 0 Å². The number of pyridine rings is 1. The van der Waals surface area contributed by atoms with Gasteiger partial charge in [-0.25, -0.2) is 4.79 Å². The van der Waals surface area contributed by atoms with Crippen molar-refractivity contribution in [1.82, 2.24) is 10.3 Å². The molecular formula is C18H22N2O2. The van der Waals surface area contributed by atoms with Crippen molar-refractivity contribution >= 4 is 23.1 Å². The number of ether oxygens (including phenoxy) is 1. The quantitative estimate of drug-likeness (QED) is 0.862. The molecule has 0 fully saturated rings. The molecule has 0 saturated carbocycles. The van der Waals surface area contributed by atoms with Crippen LogP contribution in [0.25, 0.3) is 17.0 Å². The van der Waals surface area contributed by atoms with E-state index in [1.54, 1.807) is 6.20 Å². The van der Waals surface area contributed by atoms with Gasteiger partial charge < -0.3 is 10.1 Å². The molecule has 0 bridgehead atoms. The lowest BCUT2D eigenvalue weighted by atomic mass is 10.1. The van der Waals surface area contributed by atoms with E-state index in [1.165, 1.54) is 0 Å². The van der Waals surface area contributed by atoms with Gasteiger partial charge in [-0.2, -0.15) is 0 Å². The van der Waals surface area contributed by atoms with Crippen molar-refractivity contribution in [3.05, 3.63) is 48.2 Å². The summed E-state index contributed by atoms with van der Waals surface area (Å²) in [5.74, 6) is 0. The second-order valence-electron chi connectivity index (χ2n) is 6.04. The average Bonchev–Trinajstić information content (AvgIpc) is 2.45. The smallest absolute Gasteiger partial charge is 0.407 e. The fraction of sp³-hybridized carbons (Fsp3) is 0.333. The minimum Gasteiger partial charge on any atom is -0.444 e. The molecule has 0 aliphatic carbocycles. The molecule has 22 heavy (non-hydrogen) atoms. The highest BCUT2D eigenvalue weighted by atomic mass is 16.6. The number of rotatable bonds is 4. The van der Waals surface area contributed by atoms with E-state index in [-0.39, 0.29) is 6.09 Å². The van der Waals surface area contributed by atoms with Gasteiger partial charge in [0.2, 0.25) is 0 Å². The molecule has 1 aromatic carbocycles. The molecule has 4 nitrogen and oxygen atoms in total. The highest BCUT2D eigenvalue weighted by molar-refractivity contribution is 5.87. The maximum atomic E-state index is 11.5. The summed E-state index contributed by atoms with van der Waals surface area (Å²) in [6.07, 6.45) is 6.26. The Morgan fingerprint density at radius 1 is 1.27 bits per heavy atom. The molecule has 1 amide bonds. The molecule has 1 aromatic heterocycles. The summed E-state index contributed by atoms with van der Waals surface area (Å²) in [5, 5.41) is 3.86. The van der Waals surface area contributed by atoms with E-state index in [4.69, 9.17) is 4.74 Å². The second kappa shape index (κ2) is 7.07. The van der Waals surface area contributed by atoms with Gasteiger partial charge >= 0.3 is 6.09 Å². The van der Waals surface area contributed by atoms with Crippen molar-refractivity contribution in [1.29, 1.82) is 0 Å². The van der Waals surface area contributed by atoms with Crippen molar-refractivity contribution in [2.45, 2.75) is 32.8 Å². The van der Waals surface area contributed by atoms with Crippen LogP contribution in [0.4, 0.5) is 4.79 Å². The third-order valence-electron chi connectivity index (χ3n) is 2.96. The summed E-state index contributed by atoms with van der Waals surface area (Å²) in [6, 6.07) is 10.0. The number of nitrogens with one attached hydrogen (secondary N) is 1. The molecule has 0 saturated heterocycles. The summed E-state index contributed by atoms with van der Waals surface area (Å²) >= 11 is 0. The van der Waals surface area contributed by atoms with E-state index in [9.17, 15) is 4.79 Å². The number of amides is 1. The predicted molar refractivity (Wildman–Crippen MR) is 89.6 cm³/mol. The lowest BCUT2D eigenvalue weighted by Gasteiger charge is -2.19. The van der Waals surface area contributed by atoms with Crippen molar-refractivity contribution in [2.75, 3.05) is 6.54 Å². The van der Waals surface area contributed by atoms with Gasteiger partial charge in [0.25, 0.3) is 0 Å². The Bertz CT molecular complexity index is 667. The molecule has 2 rings (SSSR count). The van der Waals surface area contributed by atoms with Gasteiger partial charge in [0, 0.05) is 18.1 Å². The molecule has 0 atom stereocenters. The first-order chi connectivity index (χ1) is 10.5. The number of carbonyl (C=O) groups is 1. The summed E-state index contributed by atoms with van der Waals surface area (Å²) < 4.78 is 5.18. The topological polar surface area (TPSA) is 51.2 Å². The van der Waals surface area contributed by atoms with E-state index >= 15 is 0 Å². The lowest BCUT2D eigenvalue weighted by molar-refractivity contribution is 0.0529. The molecule has 1 N–H and O–H groups in total. The molecule has 0 aliphatic rings. The standard InChI is InChI=1S/C18H22N2O2/c1-18(2,3)22-17(21)20-12-5-4-8-14-9-6-11-16-15(14)10-7-13-19-16/h4,6-11,13H,5,12H2,1-3H3,(H,20,21). The second-order valence-corrected chi connectivity index (χ2v) is 6.04. The number of nitrogens with zero attached hydrogens (tertiary/aromatic N) is 1. The number of carbonyl (C=O) groups excluding carboxylic acids is 1. The van der Waals surface area contributed by atoms with Crippen LogP contribution in [0.1, 0.15) is 32.8 Å². The zero-order chi connectivity index (χ0) is 16.0. The van der Waals surface area contributed by atoms with Crippen LogP contribution in [0.3, 0.4) is 0 Å². The summed E-state index contributed by atoms with van der Waals surface area (Å²) in [4.78, 5) is 15.8. The third kappa shape index (κ3) is 4.88. The van der Waals surface area contributed by atoms with Crippen LogP contribution in [0.15, 0.2) is 42.6 Å². The van der Waals surface area contributed by atoms with Gasteiger partial charge in [0.05, 0.1) is 5.52 Å². The van der Waals surface area contributed by atoms with E-state index in [0.29, 0.717) is 6.54 Å². The molecule has 0 aliphatic heterocycles. The SMILES string of the molecule is CC(C)(C)OC(=O)NCCC=Cc1cccc2ncccc12. The minimum absolute atomic E-state index is 0.379. The van der Waals surface area contributed by atoms with Crippen LogP contribution in [0, 0.1) is 0 Å². The maximum absolute atomic E-state index is 11.5. The molecule has 1 heterocycles. The van der Waals surface area contributed by atoms with Gasteiger partial charge in [-0.3, -0.25) is 4.98 Å². The Labute approximate surface area is 131 Å². The zero-order valence-corrected chi connectivity index (χ0v) is 13.3. The lowest BCUT2D eigenvalue weighted by Crippen LogP contribution is -2.32. The van der Waals surface area contributed by atoms with E-state index in [0.717, 1.165) is 22.9 Å². The minimum atomic E-state index is -0.462. The largest absolute Gasteiger partial charge is 0.444 e. The van der Waals surface area contributed by atoms with E-state index < -0.39 is 5.60 Å². The van der Waals surface area contributed by atoms with Crippen LogP contribution < -0.4 is 5.32 Å². The molecular weight excluding hydrogens is 276 g/mol. The maximum Gasteiger partial charge on any atom is 0.407 e. The normalized spacial score (nSPS) is 11.8. The van der Waals surface area contributed by atoms with E-state index in [2.05, 4.69) is 28.5 Å². The van der Waals surface area contributed by atoms with Crippen molar-refractivity contribution < 1.29 is 9.53 Å². The summed E-state index contributed by atoms with van der Waals surface area (Å²) in [7, 11) is 0. The van der Waals surface area contributed by atoms with Crippen molar-refractivity contribution in [2.24, 2.45) is 0 Å². The number of alkyl carbamates (subject to hydrolysis) is 1. The van der Waals surface area contributed by atoms with Crippen LogP contribution >= 0.6 is 0 Å². The number of fused-ring (bicyclic) bond motifs is 1.